The van der Waals surface area contributed by atoms with Crippen LogP contribution in [-0.2, 0) is 19.1 Å². The lowest BCUT2D eigenvalue weighted by Crippen LogP contribution is -2.36. The molecule has 3 amide bonds. The zero-order valence-corrected chi connectivity index (χ0v) is 22.8. The minimum atomic E-state index is -0.560. The number of hydrogen-bond acceptors (Lipinski definition) is 7. The highest BCUT2D eigenvalue weighted by atomic mass is 127. The van der Waals surface area contributed by atoms with Crippen LogP contribution in [0.25, 0.3) is 6.08 Å². The van der Waals surface area contributed by atoms with Crippen molar-refractivity contribution < 1.29 is 28.7 Å². The lowest BCUT2D eigenvalue weighted by molar-refractivity contribution is -0.143. The summed E-state index contributed by atoms with van der Waals surface area (Å²) < 4.78 is 11.5. The number of nitrogens with zero attached hydrogens (tertiary/aromatic N) is 1. The Labute approximate surface area is 225 Å². The molecule has 1 heterocycles. The number of methoxy groups -OCH3 is 1. The van der Waals surface area contributed by atoms with Crippen molar-refractivity contribution in [2.24, 2.45) is 0 Å². The zero-order chi connectivity index (χ0) is 24.1. The number of halogens is 3. The van der Waals surface area contributed by atoms with E-state index in [0.717, 1.165) is 16.7 Å². The molecule has 1 aliphatic rings. The second-order valence-corrected chi connectivity index (χ2v) is 10.2. The van der Waals surface area contributed by atoms with E-state index < -0.39 is 29.6 Å². The first-order chi connectivity index (χ1) is 15.7. The number of anilines is 1. The van der Waals surface area contributed by atoms with Crippen molar-refractivity contribution >= 4 is 103 Å². The molecule has 1 fully saturated rings. The molecule has 1 aliphatic heterocycles. The van der Waals surface area contributed by atoms with Crippen LogP contribution in [0.5, 0.6) is 5.75 Å². The predicted molar refractivity (Wildman–Crippen MR) is 142 cm³/mol. The summed E-state index contributed by atoms with van der Waals surface area (Å²) in [5.74, 6) is -1.08. The first-order valence-electron chi connectivity index (χ1n) is 9.18. The van der Waals surface area contributed by atoms with Gasteiger partial charge in [-0.05, 0) is 92.8 Å². The molecule has 1 saturated heterocycles. The van der Waals surface area contributed by atoms with Crippen LogP contribution in [0.1, 0.15) is 5.56 Å². The summed E-state index contributed by atoms with van der Waals surface area (Å²) in [6, 6.07) is 10.2. The van der Waals surface area contributed by atoms with Gasteiger partial charge in [-0.25, -0.2) is 4.79 Å². The normalized spacial score (nSPS) is 14.5. The van der Waals surface area contributed by atoms with Gasteiger partial charge in [0.2, 0.25) is 5.91 Å². The van der Waals surface area contributed by atoms with Crippen molar-refractivity contribution in [3.05, 3.63) is 59.0 Å². The van der Waals surface area contributed by atoms with E-state index in [1.807, 2.05) is 0 Å². The summed E-state index contributed by atoms with van der Waals surface area (Å²) in [5, 5.41) is 2.40. The van der Waals surface area contributed by atoms with E-state index in [-0.39, 0.29) is 11.5 Å². The number of carbonyl (C=O) groups excluding carboxylic acids is 4. The molecule has 33 heavy (non-hydrogen) atoms. The van der Waals surface area contributed by atoms with Gasteiger partial charge in [-0.3, -0.25) is 19.3 Å². The fourth-order valence-corrected chi connectivity index (χ4v) is 5.82. The van der Waals surface area contributed by atoms with Gasteiger partial charge >= 0.3 is 5.97 Å². The Morgan fingerprint density at radius 1 is 1.18 bits per heavy atom. The molecule has 12 heteroatoms. The van der Waals surface area contributed by atoms with E-state index in [0.29, 0.717) is 29.2 Å². The molecule has 0 unspecified atom stereocenters. The molecular weight excluding hydrogens is 698 g/mol. The second kappa shape index (κ2) is 11.5. The van der Waals surface area contributed by atoms with Crippen molar-refractivity contribution in [2.75, 3.05) is 25.6 Å². The van der Waals surface area contributed by atoms with Gasteiger partial charge in [0, 0.05) is 0 Å². The minimum Gasteiger partial charge on any atom is -0.480 e. The first kappa shape index (κ1) is 25.8. The van der Waals surface area contributed by atoms with Crippen LogP contribution >= 0.6 is 68.5 Å². The third kappa shape index (κ3) is 6.61. The maximum atomic E-state index is 12.8. The lowest BCUT2D eigenvalue weighted by Gasteiger charge is -2.13. The van der Waals surface area contributed by atoms with E-state index in [9.17, 15) is 19.2 Å². The number of para-hydroxylation sites is 1. The van der Waals surface area contributed by atoms with Gasteiger partial charge in [0.15, 0.2) is 6.61 Å². The van der Waals surface area contributed by atoms with Crippen LogP contribution in [0.3, 0.4) is 0 Å². The topological polar surface area (TPSA) is 102 Å². The highest BCUT2D eigenvalue weighted by molar-refractivity contribution is 14.1. The number of imide groups is 1. The summed E-state index contributed by atoms with van der Waals surface area (Å²) in [6.07, 6.45) is 1.57. The van der Waals surface area contributed by atoms with Crippen molar-refractivity contribution in [2.45, 2.75) is 0 Å². The third-order valence-corrected chi connectivity index (χ3v) is 7.04. The highest BCUT2D eigenvalue weighted by Crippen LogP contribution is 2.35. The first-order valence-corrected chi connectivity index (χ1v) is 12.5. The van der Waals surface area contributed by atoms with Crippen molar-refractivity contribution in [1.29, 1.82) is 0 Å². The van der Waals surface area contributed by atoms with Gasteiger partial charge < -0.3 is 14.8 Å². The molecule has 3 rings (SSSR count). The molecule has 172 valence electrons. The van der Waals surface area contributed by atoms with Crippen LogP contribution in [-0.4, -0.2) is 48.2 Å². The van der Waals surface area contributed by atoms with Crippen molar-refractivity contribution in [3.63, 3.8) is 0 Å². The highest BCUT2D eigenvalue weighted by Gasteiger charge is 2.36. The molecule has 0 saturated carbocycles. The number of benzene rings is 2. The van der Waals surface area contributed by atoms with Crippen LogP contribution in [0.15, 0.2) is 41.3 Å². The average Bonchev–Trinajstić information content (AvgIpc) is 3.01. The van der Waals surface area contributed by atoms with Gasteiger partial charge in [-0.15, -0.1) is 0 Å². The maximum absolute atomic E-state index is 12.8. The predicted octanol–water partition coefficient (Wildman–Crippen LogP) is 4.78. The van der Waals surface area contributed by atoms with E-state index in [1.54, 1.807) is 42.5 Å². The van der Waals surface area contributed by atoms with E-state index in [4.69, 9.17) is 16.3 Å². The quantitative estimate of drug-likeness (QED) is 0.251. The fraction of sp³-hybridized carbons (Fsp3) is 0.143. The Balaban J connectivity index is 1.72. The molecule has 0 aromatic heterocycles. The second-order valence-electron chi connectivity index (χ2n) is 6.47. The molecule has 0 aliphatic carbocycles. The number of amides is 3. The average molecular weight is 713 g/mol. The molecule has 0 atom stereocenters. The number of hydrogen-bond donors (Lipinski definition) is 1. The van der Waals surface area contributed by atoms with Gasteiger partial charge in [0.25, 0.3) is 11.1 Å². The number of ether oxygens (including phenoxy) is 2. The SMILES string of the molecule is COC(=O)COc1c(I)cc(/C=C2/SC(=O)N(CC(=O)Nc3ccccc3Cl)C2=O)cc1I. The number of carbonyl (C=O) groups is 4. The van der Waals surface area contributed by atoms with Gasteiger partial charge in [-0.2, -0.15) is 0 Å². The fourth-order valence-electron chi connectivity index (χ4n) is 2.67. The maximum Gasteiger partial charge on any atom is 0.343 e. The smallest absolute Gasteiger partial charge is 0.343 e. The summed E-state index contributed by atoms with van der Waals surface area (Å²) in [6.45, 7) is -0.653. The number of thioether (sulfide) groups is 1. The van der Waals surface area contributed by atoms with Crippen LogP contribution in [0.2, 0.25) is 5.02 Å². The van der Waals surface area contributed by atoms with Crippen LogP contribution in [0.4, 0.5) is 10.5 Å². The molecule has 1 N–H and O–H groups in total. The molecule has 0 spiro atoms. The summed E-state index contributed by atoms with van der Waals surface area (Å²) in [5.41, 5.74) is 1.06. The Morgan fingerprint density at radius 2 is 1.85 bits per heavy atom. The third-order valence-electron chi connectivity index (χ3n) is 4.20. The molecule has 0 bridgehead atoms. The number of esters is 1. The minimum absolute atomic E-state index is 0.195. The Morgan fingerprint density at radius 3 is 2.48 bits per heavy atom. The zero-order valence-electron chi connectivity index (χ0n) is 16.9. The van der Waals surface area contributed by atoms with Crippen molar-refractivity contribution in [1.82, 2.24) is 4.90 Å². The molecule has 0 radical (unpaired) electrons. The van der Waals surface area contributed by atoms with Gasteiger partial charge in [-0.1, -0.05) is 23.7 Å². The summed E-state index contributed by atoms with van der Waals surface area (Å²) >= 11 is 10.9. The lowest BCUT2D eigenvalue weighted by atomic mass is 10.2. The molecule has 2 aromatic rings. The largest absolute Gasteiger partial charge is 0.480 e. The van der Waals surface area contributed by atoms with Gasteiger partial charge in [0.05, 0.1) is 29.9 Å². The Bertz CT molecular complexity index is 1150. The Kier molecular flexibility index (Phi) is 9.01. The van der Waals surface area contributed by atoms with Crippen LogP contribution in [0, 0.1) is 7.14 Å². The van der Waals surface area contributed by atoms with Crippen molar-refractivity contribution in [3.8, 4) is 5.75 Å². The molecule has 8 nitrogen and oxygen atoms in total. The number of nitrogens with one attached hydrogen (secondary N) is 1. The van der Waals surface area contributed by atoms with E-state index >= 15 is 0 Å². The summed E-state index contributed by atoms with van der Waals surface area (Å²) in [7, 11) is 1.28. The monoisotopic (exact) mass is 712 g/mol. The molecular formula is C21H15ClI2N2O6S. The van der Waals surface area contributed by atoms with Crippen LogP contribution < -0.4 is 10.1 Å². The molecule has 2 aromatic carbocycles. The van der Waals surface area contributed by atoms with Gasteiger partial charge in [0.1, 0.15) is 12.3 Å². The Hall–Kier alpha value is -1.84. The standard InChI is InChI=1S/C21H15ClI2N2O6S/c1-31-18(28)10-32-19-13(23)6-11(7-14(19)24)8-16-20(29)26(21(30)33-16)9-17(27)25-15-5-3-2-4-12(15)22/h2-8H,9-10H2,1H3,(H,25,27)/b16-8+. The number of rotatable bonds is 7. The summed E-state index contributed by atoms with van der Waals surface area (Å²) in [4.78, 5) is 49.9. The van der Waals surface area contributed by atoms with E-state index in [1.165, 1.54) is 7.11 Å². The van der Waals surface area contributed by atoms with E-state index in [2.05, 4.69) is 55.2 Å².